The number of allylic oxidation sites excluding steroid dienone is 1. The first-order valence-electron chi connectivity index (χ1n) is 15.5. The molecule has 3 saturated heterocycles. The number of benzene rings is 1. The van der Waals surface area contributed by atoms with Crippen LogP contribution in [0.1, 0.15) is 65.4 Å². The fourth-order valence-corrected chi connectivity index (χ4v) is 7.50. The largest absolute Gasteiger partial charge is 0.465 e. The number of esters is 1. The molecule has 1 N–H and O–H groups in total. The van der Waals surface area contributed by atoms with Crippen LogP contribution in [-0.2, 0) is 30.4 Å². The number of amides is 2. The van der Waals surface area contributed by atoms with E-state index >= 15 is 0 Å². The molecule has 8 heteroatoms. The van der Waals surface area contributed by atoms with Gasteiger partial charge in [-0.15, -0.1) is 13.2 Å². The number of hydrogen-bond acceptors (Lipinski definition) is 6. The Morgan fingerprint density at radius 1 is 1.24 bits per heavy atom. The summed E-state index contributed by atoms with van der Waals surface area (Å²) in [6.45, 7) is 16.1. The Morgan fingerprint density at radius 2 is 1.95 bits per heavy atom. The molecular formula is C34H48N2O6. The number of aliphatic hydroxyl groups is 1. The number of fused-ring (bicyclic) bond motifs is 1. The molecule has 4 rings (SSSR count). The number of hydrogen-bond donors (Lipinski definition) is 1. The van der Waals surface area contributed by atoms with Gasteiger partial charge in [0, 0.05) is 13.1 Å². The highest BCUT2D eigenvalue weighted by Crippen LogP contribution is 2.66. The Balaban J connectivity index is 1.76. The number of ether oxygens (including phenoxy) is 2. The maximum Gasteiger partial charge on any atom is 0.312 e. The maximum absolute atomic E-state index is 14.7. The molecule has 42 heavy (non-hydrogen) atoms. The van der Waals surface area contributed by atoms with E-state index in [1.54, 1.807) is 15.9 Å². The second-order valence-corrected chi connectivity index (χ2v) is 12.5. The lowest BCUT2D eigenvalue weighted by Gasteiger charge is -2.41. The van der Waals surface area contributed by atoms with Crippen molar-refractivity contribution in [1.29, 1.82) is 0 Å². The number of aliphatic hydroxyl groups excluding tert-OH is 1. The summed E-state index contributed by atoms with van der Waals surface area (Å²) in [4.78, 5) is 46.3. The number of rotatable bonds is 15. The molecule has 2 bridgehead atoms. The molecule has 0 aromatic heterocycles. The average molecular weight is 581 g/mol. The molecule has 3 aliphatic heterocycles. The molecule has 0 saturated carbocycles. The van der Waals surface area contributed by atoms with Crippen LogP contribution in [0.2, 0.25) is 0 Å². The van der Waals surface area contributed by atoms with Crippen LogP contribution in [0.3, 0.4) is 0 Å². The van der Waals surface area contributed by atoms with Crippen molar-refractivity contribution in [1.82, 2.24) is 9.80 Å². The summed E-state index contributed by atoms with van der Waals surface area (Å²) in [7, 11) is 0. The van der Waals surface area contributed by atoms with E-state index in [4.69, 9.17) is 9.47 Å². The minimum Gasteiger partial charge on any atom is -0.465 e. The van der Waals surface area contributed by atoms with Gasteiger partial charge in [-0.2, -0.15) is 0 Å². The van der Waals surface area contributed by atoms with Crippen molar-refractivity contribution >= 4 is 17.8 Å². The number of carbonyl (C=O) groups is 3. The summed E-state index contributed by atoms with van der Waals surface area (Å²) in [6.07, 6.45) is 7.08. The van der Waals surface area contributed by atoms with E-state index < -0.39 is 41.1 Å². The van der Waals surface area contributed by atoms with Crippen LogP contribution >= 0.6 is 0 Å². The number of carbonyl (C=O) groups excluding carboxylic acids is 3. The first-order valence-corrected chi connectivity index (χ1v) is 15.5. The molecule has 0 radical (unpaired) electrons. The standard InChI is InChI=1S/C34H48N2O6/c1-7-10-11-15-19-41-32(40)28-27-30(38)36(26(22-37)23(4)9-3)29(34(27)20-24(5)33(28,6)42-34)31(39)35(18-8-2)21-25-16-13-12-14-17-25/h7-8,12-14,16-17,23-24,26-29,37H,1-2,9-11,15,18-22H2,3-6H3/t23-,24?,26-,27-,28+,29?,33-,34?/m0/s1. The second-order valence-electron chi connectivity index (χ2n) is 12.5. The highest BCUT2D eigenvalue weighted by atomic mass is 16.6. The zero-order chi connectivity index (χ0) is 30.7. The molecule has 3 fully saturated rings. The van der Waals surface area contributed by atoms with Gasteiger partial charge in [0.1, 0.15) is 17.6 Å². The zero-order valence-electron chi connectivity index (χ0n) is 25.7. The summed E-state index contributed by atoms with van der Waals surface area (Å²) in [6, 6.07) is 8.11. The second kappa shape index (κ2) is 13.1. The molecule has 230 valence electrons. The van der Waals surface area contributed by atoms with Gasteiger partial charge in [0.15, 0.2) is 0 Å². The van der Waals surface area contributed by atoms with Crippen LogP contribution in [0.5, 0.6) is 0 Å². The number of likely N-dealkylation sites (tertiary alicyclic amines) is 1. The lowest BCUT2D eigenvalue weighted by Crippen LogP contribution is -2.59. The Bertz CT molecular complexity index is 1160. The summed E-state index contributed by atoms with van der Waals surface area (Å²) in [5.74, 6) is -2.89. The van der Waals surface area contributed by atoms with Gasteiger partial charge in [0.25, 0.3) is 0 Å². The monoisotopic (exact) mass is 580 g/mol. The van der Waals surface area contributed by atoms with Gasteiger partial charge >= 0.3 is 5.97 Å². The molecule has 3 heterocycles. The van der Waals surface area contributed by atoms with E-state index in [2.05, 4.69) is 13.2 Å². The van der Waals surface area contributed by atoms with Crippen molar-refractivity contribution in [3.63, 3.8) is 0 Å². The minimum atomic E-state index is -1.20. The molecule has 2 amide bonds. The van der Waals surface area contributed by atoms with Crippen molar-refractivity contribution < 1.29 is 29.0 Å². The van der Waals surface area contributed by atoms with Crippen molar-refractivity contribution in [3.8, 4) is 0 Å². The van der Waals surface area contributed by atoms with Crippen molar-refractivity contribution in [3.05, 3.63) is 61.2 Å². The van der Waals surface area contributed by atoms with Gasteiger partial charge < -0.3 is 24.4 Å². The molecule has 3 aliphatic rings. The highest BCUT2D eigenvalue weighted by molar-refractivity contribution is 5.98. The molecule has 3 unspecified atom stereocenters. The first kappa shape index (κ1) is 32.0. The van der Waals surface area contributed by atoms with Gasteiger partial charge in [-0.25, -0.2) is 0 Å². The van der Waals surface area contributed by atoms with Crippen LogP contribution in [0.25, 0.3) is 0 Å². The predicted molar refractivity (Wildman–Crippen MR) is 161 cm³/mol. The Morgan fingerprint density at radius 3 is 2.57 bits per heavy atom. The number of unbranched alkanes of at least 4 members (excludes halogenated alkanes) is 2. The van der Waals surface area contributed by atoms with Gasteiger partial charge in [-0.05, 0) is 50.0 Å². The normalized spacial score (nSPS) is 31.0. The van der Waals surface area contributed by atoms with Crippen molar-refractivity contribution in [2.75, 3.05) is 19.8 Å². The van der Waals surface area contributed by atoms with E-state index in [1.807, 2.05) is 64.1 Å². The fourth-order valence-electron chi connectivity index (χ4n) is 7.50. The molecule has 1 aromatic rings. The lowest BCUT2D eigenvalue weighted by atomic mass is 9.62. The quantitative estimate of drug-likeness (QED) is 0.186. The SMILES string of the molecule is C=CCCCCOC(=O)[C@H]1[C@H]2C(=O)N([C@@H](CO)[C@@H](C)CC)C(C(=O)N(CC=C)Cc3ccccc3)C23CC(C)[C@]1(C)O3. The third kappa shape index (κ3) is 5.44. The molecular weight excluding hydrogens is 532 g/mol. The molecule has 0 aliphatic carbocycles. The van der Waals surface area contributed by atoms with Crippen molar-refractivity contribution in [2.45, 2.75) is 89.6 Å². The third-order valence-electron chi connectivity index (χ3n) is 10.0. The van der Waals surface area contributed by atoms with E-state index in [-0.39, 0.29) is 43.4 Å². The smallest absolute Gasteiger partial charge is 0.312 e. The van der Waals surface area contributed by atoms with Crippen LogP contribution in [0.15, 0.2) is 55.6 Å². The Hall–Kier alpha value is -2.97. The van der Waals surface area contributed by atoms with Crippen molar-refractivity contribution in [2.24, 2.45) is 23.7 Å². The molecule has 1 aromatic carbocycles. The molecule has 1 spiro atoms. The van der Waals surface area contributed by atoms with Crippen LogP contribution < -0.4 is 0 Å². The summed E-state index contributed by atoms with van der Waals surface area (Å²) in [5.41, 5.74) is -1.20. The molecule has 8 nitrogen and oxygen atoms in total. The fraction of sp³-hybridized carbons (Fsp3) is 0.618. The maximum atomic E-state index is 14.7. The predicted octanol–water partition coefficient (Wildman–Crippen LogP) is 4.52. The Labute approximate surface area is 250 Å². The molecule has 8 atom stereocenters. The van der Waals surface area contributed by atoms with Crippen LogP contribution in [0, 0.1) is 23.7 Å². The summed E-state index contributed by atoms with van der Waals surface area (Å²) < 4.78 is 12.6. The third-order valence-corrected chi connectivity index (χ3v) is 10.0. The average Bonchev–Trinajstić information content (AvgIpc) is 3.49. The van der Waals surface area contributed by atoms with Crippen LogP contribution in [-0.4, -0.2) is 75.7 Å². The van der Waals surface area contributed by atoms with Gasteiger partial charge in [0.2, 0.25) is 11.8 Å². The van der Waals surface area contributed by atoms with E-state index in [0.717, 1.165) is 18.4 Å². The summed E-state index contributed by atoms with van der Waals surface area (Å²) >= 11 is 0. The van der Waals surface area contributed by atoms with Gasteiger partial charge in [-0.3, -0.25) is 14.4 Å². The first-order chi connectivity index (χ1) is 20.1. The Kier molecular flexibility index (Phi) is 9.99. The van der Waals surface area contributed by atoms with E-state index in [9.17, 15) is 19.5 Å². The van der Waals surface area contributed by atoms with E-state index in [0.29, 0.717) is 25.8 Å². The summed E-state index contributed by atoms with van der Waals surface area (Å²) in [5, 5.41) is 10.6. The van der Waals surface area contributed by atoms with Gasteiger partial charge in [0.05, 0.1) is 30.8 Å². The van der Waals surface area contributed by atoms with Crippen LogP contribution in [0.4, 0.5) is 0 Å². The lowest BCUT2D eigenvalue weighted by molar-refractivity contribution is -0.164. The van der Waals surface area contributed by atoms with Gasteiger partial charge in [-0.1, -0.05) is 69.7 Å². The number of nitrogens with zero attached hydrogens (tertiary/aromatic N) is 2. The van der Waals surface area contributed by atoms with E-state index in [1.165, 1.54) is 0 Å². The topological polar surface area (TPSA) is 96.4 Å². The minimum absolute atomic E-state index is 0.0769. The highest BCUT2D eigenvalue weighted by Gasteiger charge is 2.80. The zero-order valence-corrected chi connectivity index (χ0v) is 25.7.